The summed E-state index contributed by atoms with van der Waals surface area (Å²) >= 11 is 6.12. The van der Waals surface area contributed by atoms with Crippen molar-refractivity contribution in [2.45, 2.75) is 31.8 Å². The minimum atomic E-state index is 0.0310. The number of piperidine rings is 1. The third-order valence-corrected chi connectivity index (χ3v) is 5.63. The highest BCUT2D eigenvalue weighted by molar-refractivity contribution is 6.30. The number of carbonyl (C=O) groups is 1. The molecule has 0 aliphatic carbocycles. The Hall–Kier alpha value is -1.52. The van der Waals surface area contributed by atoms with Gasteiger partial charge in [0.1, 0.15) is 5.78 Å². The van der Waals surface area contributed by atoms with E-state index in [-0.39, 0.29) is 17.7 Å². The number of ketones is 1. The highest BCUT2D eigenvalue weighted by Crippen LogP contribution is 2.48. The fraction of sp³-hybridized carbons (Fsp3) is 0.471. The lowest BCUT2D eigenvalue weighted by Crippen LogP contribution is -2.56. The Morgan fingerprint density at radius 2 is 2.18 bits per heavy atom. The summed E-state index contributed by atoms with van der Waals surface area (Å²) in [6.07, 6.45) is 2.03. The average molecular weight is 318 g/mol. The summed E-state index contributed by atoms with van der Waals surface area (Å²) in [6.45, 7) is 4.67. The normalized spacial score (nSPS) is 35.4. The molecule has 0 aromatic heterocycles. The monoisotopic (exact) mass is 317 g/mol. The maximum atomic E-state index is 12.0. The van der Waals surface area contributed by atoms with Crippen molar-refractivity contribution in [3.63, 3.8) is 0 Å². The summed E-state index contributed by atoms with van der Waals surface area (Å²) in [5.41, 5.74) is 3.52. The molecule has 0 bridgehead atoms. The summed E-state index contributed by atoms with van der Waals surface area (Å²) in [5.74, 6) is 0.952. The second kappa shape index (κ2) is 5.00. The molecule has 1 aromatic rings. The van der Waals surface area contributed by atoms with Gasteiger partial charge in [-0.25, -0.2) is 0 Å². The van der Waals surface area contributed by atoms with E-state index < -0.39 is 0 Å². The molecule has 2 saturated heterocycles. The maximum Gasteiger partial charge on any atom is 0.136 e. The number of Topliss-reactive ketones (excluding diaryl/α,β-unsaturated/α-hetero) is 1. The van der Waals surface area contributed by atoms with Crippen molar-refractivity contribution in [3.8, 4) is 0 Å². The van der Waals surface area contributed by atoms with Crippen LogP contribution in [0.1, 0.15) is 25.3 Å². The maximum absolute atomic E-state index is 12.0. The highest BCUT2D eigenvalue weighted by Gasteiger charge is 2.51. The van der Waals surface area contributed by atoms with Gasteiger partial charge in [-0.15, -0.1) is 0 Å². The molecule has 3 N–H and O–H groups in total. The number of rotatable bonds is 1. The Morgan fingerprint density at radius 3 is 2.95 bits per heavy atom. The number of allylic oxidation sites excluding steroid dienone is 1. The number of hydrogen-bond donors (Lipinski definition) is 3. The van der Waals surface area contributed by atoms with Crippen LogP contribution in [0.3, 0.4) is 0 Å². The predicted octanol–water partition coefficient (Wildman–Crippen LogP) is 2.48. The van der Waals surface area contributed by atoms with E-state index in [1.54, 1.807) is 6.92 Å². The molecule has 5 unspecified atom stereocenters. The lowest BCUT2D eigenvalue weighted by Gasteiger charge is -2.39. The molecule has 4 rings (SSSR count). The minimum absolute atomic E-state index is 0.0310. The van der Waals surface area contributed by atoms with E-state index in [1.807, 2.05) is 18.3 Å². The smallest absolute Gasteiger partial charge is 0.136 e. The van der Waals surface area contributed by atoms with Crippen molar-refractivity contribution in [3.05, 3.63) is 40.7 Å². The number of hydrogen-bond acceptors (Lipinski definition) is 4. The molecule has 4 nitrogen and oxygen atoms in total. The number of benzene rings is 1. The molecular weight excluding hydrogens is 298 g/mol. The zero-order valence-corrected chi connectivity index (χ0v) is 13.4. The van der Waals surface area contributed by atoms with Gasteiger partial charge in [0.25, 0.3) is 0 Å². The second-order valence-electron chi connectivity index (χ2n) is 6.61. The summed E-state index contributed by atoms with van der Waals surface area (Å²) in [7, 11) is 0. The fourth-order valence-electron chi connectivity index (χ4n) is 4.32. The van der Waals surface area contributed by atoms with E-state index >= 15 is 0 Å². The number of nitrogens with one attached hydrogen (secondary N) is 3. The topological polar surface area (TPSA) is 53.2 Å². The van der Waals surface area contributed by atoms with Crippen LogP contribution >= 0.6 is 11.6 Å². The van der Waals surface area contributed by atoms with Gasteiger partial charge in [-0.2, -0.15) is 0 Å². The first-order valence-electron chi connectivity index (χ1n) is 7.82. The van der Waals surface area contributed by atoms with E-state index in [9.17, 15) is 4.79 Å². The molecule has 5 heteroatoms. The van der Waals surface area contributed by atoms with Crippen LogP contribution in [0, 0.1) is 11.8 Å². The molecule has 3 heterocycles. The average Bonchev–Trinajstić information content (AvgIpc) is 2.87. The standard InChI is InChI=1S/C17H20ClN3O/c1-8-15-16-11-4-3-10(18)5-13(11)20-7-14(16)21-17(15)12(6-19-8)9(2)22/h3-5,7-8,12,15-17,19-21H,6H2,1-2H3. The van der Waals surface area contributed by atoms with Gasteiger partial charge in [0, 0.05) is 53.1 Å². The molecule has 0 saturated carbocycles. The Bertz CT molecular complexity index is 672. The van der Waals surface area contributed by atoms with Crippen molar-refractivity contribution in [1.29, 1.82) is 0 Å². The zero-order valence-electron chi connectivity index (χ0n) is 12.7. The molecule has 3 aliphatic rings. The SMILES string of the molecule is CC(=O)C1CNC(C)C2C3C(=CNc4cc(Cl)ccc43)NC12. The van der Waals surface area contributed by atoms with Gasteiger partial charge in [-0.3, -0.25) is 4.79 Å². The summed E-state index contributed by atoms with van der Waals surface area (Å²) < 4.78 is 0. The van der Waals surface area contributed by atoms with Crippen LogP contribution in [0.5, 0.6) is 0 Å². The quantitative estimate of drug-likeness (QED) is 0.745. The molecule has 0 radical (unpaired) electrons. The number of fused-ring (bicyclic) bond motifs is 5. The van der Waals surface area contributed by atoms with E-state index in [2.05, 4.69) is 28.9 Å². The van der Waals surface area contributed by atoms with Gasteiger partial charge in [-0.05, 0) is 31.5 Å². The van der Waals surface area contributed by atoms with E-state index in [1.165, 1.54) is 11.3 Å². The molecule has 0 amide bonds. The Morgan fingerprint density at radius 1 is 1.36 bits per heavy atom. The van der Waals surface area contributed by atoms with E-state index in [0.717, 1.165) is 17.3 Å². The van der Waals surface area contributed by atoms with Crippen LogP contribution in [-0.4, -0.2) is 24.4 Å². The van der Waals surface area contributed by atoms with Crippen molar-refractivity contribution in [1.82, 2.24) is 10.6 Å². The zero-order chi connectivity index (χ0) is 15.4. The Balaban J connectivity index is 1.78. The molecule has 0 spiro atoms. The van der Waals surface area contributed by atoms with Crippen molar-refractivity contribution < 1.29 is 4.79 Å². The first-order valence-corrected chi connectivity index (χ1v) is 8.20. The summed E-state index contributed by atoms with van der Waals surface area (Å²) in [6, 6.07) is 6.60. The number of anilines is 1. The van der Waals surface area contributed by atoms with E-state index in [4.69, 9.17) is 11.6 Å². The molecule has 2 fully saturated rings. The van der Waals surface area contributed by atoms with Gasteiger partial charge < -0.3 is 16.0 Å². The largest absolute Gasteiger partial charge is 0.383 e. The van der Waals surface area contributed by atoms with Gasteiger partial charge in [0.2, 0.25) is 0 Å². The molecular formula is C17H20ClN3O. The van der Waals surface area contributed by atoms with Gasteiger partial charge in [0.15, 0.2) is 0 Å². The molecule has 1 aromatic carbocycles. The van der Waals surface area contributed by atoms with E-state index in [0.29, 0.717) is 17.9 Å². The summed E-state index contributed by atoms with van der Waals surface area (Å²) in [5, 5.41) is 11.2. The Kier molecular flexibility index (Phi) is 3.20. The van der Waals surface area contributed by atoms with Gasteiger partial charge in [0.05, 0.1) is 5.92 Å². The van der Waals surface area contributed by atoms with Crippen LogP contribution < -0.4 is 16.0 Å². The van der Waals surface area contributed by atoms with Gasteiger partial charge in [-0.1, -0.05) is 17.7 Å². The van der Waals surface area contributed by atoms with Crippen molar-refractivity contribution >= 4 is 23.1 Å². The first-order chi connectivity index (χ1) is 10.6. The van der Waals surface area contributed by atoms with Crippen molar-refractivity contribution in [2.75, 3.05) is 11.9 Å². The molecule has 3 aliphatic heterocycles. The van der Waals surface area contributed by atoms with Crippen LogP contribution in [0.4, 0.5) is 5.69 Å². The lowest BCUT2D eigenvalue weighted by atomic mass is 9.72. The molecule has 116 valence electrons. The van der Waals surface area contributed by atoms with Crippen LogP contribution in [0.2, 0.25) is 5.02 Å². The highest BCUT2D eigenvalue weighted by atomic mass is 35.5. The van der Waals surface area contributed by atoms with Gasteiger partial charge >= 0.3 is 0 Å². The molecule has 22 heavy (non-hydrogen) atoms. The van der Waals surface area contributed by atoms with Crippen LogP contribution in [-0.2, 0) is 4.79 Å². The third kappa shape index (κ3) is 1.97. The lowest BCUT2D eigenvalue weighted by molar-refractivity contribution is -0.122. The minimum Gasteiger partial charge on any atom is -0.383 e. The summed E-state index contributed by atoms with van der Waals surface area (Å²) in [4.78, 5) is 12.0. The molecule has 5 atom stereocenters. The number of carbonyl (C=O) groups excluding carboxylic acids is 1. The van der Waals surface area contributed by atoms with Crippen LogP contribution in [0.25, 0.3) is 0 Å². The van der Waals surface area contributed by atoms with Crippen LogP contribution in [0.15, 0.2) is 30.1 Å². The fourth-order valence-corrected chi connectivity index (χ4v) is 4.49. The first kappa shape index (κ1) is 14.1. The van der Waals surface area contributed by atoms with Crippen molar-refractivity contribution in [2.24, 2.45) is 11.8 Å². The second-order valence-corrected chi connectivity index (χ2v) is 7.05. The Labute approximate surface area is 135 Å². The predicted molar refractivity (Wildman–Crippen MR) is 87.9 cm³/mol. The number of halogens is 1. The third-order valence-electron chi connectivity index (χ3n) is 5.39.